The first-order valence-electron chi connectivity index (χ1n) is 6.64. The van der Waals surface area contributed by atoms with Gasteiger partial charge in [-0.1, -0.05) is 36.0 Å². The van der Waals surface area contributed by atoms with E-state index in [1.165, 1.54) is 27.6 Å². The van der Waals surface area contributed by atoms with Gasteiger partial charge in [0, 0.05) is 16.3 Å². The number of unbranched alkanes of at least 4 members (excludes halogenated alkanes) is 1. The third-order valence-corrected chi connectivity index (χ3v) is 4.77. The van der Waals surface area contributed by atoms with Crippen molar-refractivity contribution in [1.29, 1.82) is 0 Å². The smallest absolute Gasteiger partial charge is 0.0552 e. The molecular formula is C16H17NS2. The maximum absolute atomic E-state index is 4.31. The van der Waals surface area contributed by atoms with Crippen LogP contribution in [-0.4, -0.2) is 12.3 Å². The molecule has 2 aromatic carbocycles. The van der Waals surface area contributed by atoms with Gasteiger partial charge in [0.05, 0.1) is 11.4 Å². The molecule has 0 bridgehead atoms. The van der Waals surface area contributed by atoms with Gasteiger partial charge in [0.1, 0.15) is 0 Å². The van der Waals surface area contributed by atoms with E-state index in [1.54, 1.807) is 0 Å². The molecule has 0 radical (unpaired) electrons. The van der Waals surface area contributed by atoms with E-state index in [9.17, 15) is 0 Å². The Kier molecular flexibility index (Phi) is 4.04. The Labute approximate surface area is 124 Å². The third kappa shape index (κ3) is 2.63. The van der Waals surface area contributed by atoms with Gasteiger partial charge in [-0.05, 0) is 42.9 Å². The molecule has 98 valence electrons. The number of anilines is 2. The lowest BCUT2D eigenvalue weighted by molar-refractivity contribution is 0.784. The molecule has 1 aliphatic rings. The summed E-state index contributed by atoms with van der Waals surface area (Å²) in [5.41, 5.74) is 2.68. The van der Waals surface area contributed by atoms with Gasteiger partial charge >= 0.3 is 0 Å². The number of para-hydroxylation sites is 2. The highest BCUT2D eigenvalue weighted by Crippen LogP contribution is 2.47. The molecule has 0 aliphatic carbocycles. The van der Waals surface area contributed by atoms with Crippen molar-refractivity contribution in [2.24, 2.45) is 0 Å². The van der Waals surface area contributed by atoms with E-state index in [0.717, 1.165) is 18.7 Å². The van der Waals surface area contributed by atoms with E-state index in [0.29, 0.717) is 0 Å². The molecule has 0 saturated heterocycles. The maximum Gasteiger partial charge on any atom is 0.0552 e. The molecule has 1 aliphatic heterocycles. The summed E-state index contributed by atoms with van der Waals surface area (Å²) in [6.07, 6.45) is 2.34. The molecule has 1 nitrogen and oxygen atoms in total. The lowest BCUT2D eigenvalue weighted by Crippen LogP contribution is -2.21. The average Bonchev–Trinajstić information content (AvgIpc) is 2.46. The lowest BCUT2D eigenvalue weighted by Gasteiger charge is -2.32. The van der Waals surface area contributed by atoms with Crippen LogP contribution in [0.2, 0.25) is 0 Å². The molecule has 0 spiro atoms. The largest absolute Gasteiger partial charge is 0.340 e. The van der Waals surface area contributed by atoms with Crippen molar-refractivity contribution >= 4 is 35.8 Å². The Morgan fingerprint density at radius 1 is 0.842 bits per heavy atom. The standard InChI is InChI=1S/C16H17NS2/c18-12-6-5-11-17-13-7-1-3-9-15(13)19-16-10-4-2-8-14(16)17/h1-4,7-10,18H,5-6,11-12H2. The SMILES string of the molecule is SCCCCN1c2ccccc2Sc2ccccc21. The first kappa shape index (κ1) is 12.9. The van der Waals surface area contributed by atoms with Crippen LogP contribution in [0.15, 0.2) is 58.3 Å². The minimum atomic E-state index is 0.964. The molecule has 3 heteroatoms. The van der Waals surface area contributed by atoms with Crippen LogP contribution in [0.25, 0.3) is 0 Å². The predicted octanol–water partition coefficient (Wildman–Crippen LogP) is 5.00. The molecule has 2 aromatic rings. The summed E-state index contributed by atoms with van der Waals surface area (Å²) in [7, 11) is 0. The first-order chi connectivity index (χ1) is 9.40. The molecule has 0 unspecified atom stereocenters. The molecule has 0 saturated carbocycles. The summed E-state index contributed by atoms with van der Waals surface area (Å²) in [6, 6.07) is 17.3. The Morgan fingerprint density at radius 2 is 1.42 bits per heavy atom. The third-order valence-electron chi connectivity index (χ3n) is 3.32. The summed E-state index contributed by atoms with van der Waals surface area (Å²) >= 11 is 6.18. The van der Waals surface area contributed by atoms with Crippen molar-refractivity contribution < 1.29 is 0 Å². The monoisotopic (exact) mass is 287 g/mol. The van der Waals surface area contributed by atoms with Gasteiger partial charge in [-0.2, -0.15) is 12.6 Å². The topological polar surface area (TPSA) is 3.24 Å². The molecule has 0 N–H and O–H groups in total. The van der Waals surface area contributed by atoms with E-state index < -0.39 is 0 Å². The normalized spacial score (nSPS) is 13.0. The number of benzene rings is 2. The minimum Gasteiger partial charge on any atom is -0.340 e. The summed E-state index contributed by atoms with van der Waals surface area (Å²) < 4.78 is 0. The highest BCUT2D eigenvalue weighted by atomic mass is 32.2. The van der Waals surface area contributed by atoms with E-state index in [1.807, 2.05) is 11.8 Å². The predicted molar refractivity (Wildman–Crippen MR) is 87.1 cm³/mol. The van der Waals surface area contributed by atoms with Gasteiger partial charge in [-0.25, -0.2) is 0 Å². The van der Waals surface area contributed by atoms with Gasteiger partial charge < -0.3 is 4.90 Å². The van der Waals surface area contributed by atoms with Crippen LogP contribution in [0.5, 0.6) is 0 Å². The van der Waals surface area contributed by atoms with Crippen molar-refractivity contribution in [3.05, 3.63) is 48.5 Å². The molecule has 0 amide bonds. The van der Waals surface area contributed by atoms with E-state index in [-0.39, 0.29) is 0 Å². The number of fused-ring (bicyclic) bond motifs is 2. The van der Waals surface area contributed by atoms with Crippen molar-refractivity contribution in [3.63, 3.8) is 0 Å². The van der Waals surface area contributed by atoms with E-state index >= 15 is 0 Å². The van der Waals surface area contributed by atoms with Crippen molar-refractivity contribution in [2.75, 3.05) is 17.2 Å². The zero-order valence-corrected chi connectivity index (χ0v) is 12.5. The number of nitrogens with zero attached hydrogens (tertiary/aromatic N) is 1. The maximum atomic E-state index is 4.31. The number of rotatable bonds is 4. The van der Waals surface area contributed by atoms with E-state index in [4.69, 9.17) is 0 Å². The molecule has 3 rings (SSSR count). The van der Waals surface area contributed by atoms with Crippen LogP contribution in [0.3, 0.4) is 0 Å². The van der Waals surface area contributed by atoms with Gasteiger partial charge in [0.25, 0.3) is 0 Å². The Balaban J connectivity index is 1.96. The Hall–Kier alpha value is -1.06. The second kappa shape index (κ2) is 5.93. The number of hydrogen-bond donors (Lipinski definition) is 1. The summed E-state index contributed by atoms with van der Waals surface area (Å²) in [5.74, 6) is 0.964. The second-order valence-corrected chi connectivity index (χ2v) is 6.15. The molecule has 0 atom stereocenters. The Morgan fingerprint density at radius 3 is 2.00 bits per heavy atom. The van der Waals surface area contributed by atoms with E-state index in [2.05, 4.69) is 66.1 Å². The fourth-order valence-electron chi connectivity index (χ4n) is 2.40. The zero-order valence-electron chi connectivity index (χ0n) is 10.7. The van der Waals surface area contributed by atoms with Crippen LogP contribution in [0.4, 0.5) is 11.4 Å². The van der Waals surface area contributed by atoms with Crippen LogP contribution in [0.1, 0.15) is 12.8 Å². The number of hydrogen-bond acceptors (Lipinski definition) is 3. The highest BCUT2D eigenvalue weighted by Gasteiger charge is 2.21. The molecule has 0 fully saturated rings. The van der Waals surface area contributed by atoms with Crippen molar-refractivity contribution in [2.45, 2.75) is 22.6 Å². The quantitative estimate of drug-likeness (QED) is 0.622. The Bertz CT molecular complexity index is 523. The zero-order chi connectivity index (χ0) is 13.1. The van der Waals surface area contributed by atoms with Crippen LogP contribution >= 0.6 is 24.4 Å². The van der Waals surface area contributed by atoms with Gasteiger partial charge in [0.15, 0.2) is 0 Å². The van der Waals surface area contributed by atoms with Crippen LogP contribution < -0.4 is 4.90 Å². The molecular weight excluding hydrogens is 270 g/mol. The van der Waals surface area contributed by atoms with Crippen molar-refractivity contribution in [1.82, 2.24) is 0 Å². The van der Waals surface area contributed by atoms with Gasteiger partial charge in [-0.15, -0.1) is 0 Å². The van der Waals surface area contributed by atoms with Crippen LogP contribution in [0, 0.1) is 0 Å². The lowest BCUT2D eigenvalue weighted by atomic mass is 10.2. The summed E-state index contributed by atoms with van der Waals surface area (Å²) in [4.78, 5) is 5.16. The summed E-state index contributed by atoms with van der Waals surface area (Å²) in [6.45, 7) is 1.06. The average molecular weight is 287 g/mol. The first-order valence-corrected chi connectivity index (χ1v) is 8.09. The van der Waals surface area contributed by atoms with Gasteiger partial charge in [-0.3, -0.25) is 0 Å². The fourth-order valence-corrected chi connectivity index (χ4v) is 3.72. The van der Waals surface area contributed by atoms with Crippen molar-refractivity contribution in [3.8, 4) is 0 Å². The number of thiol groups is 1. The van der Waals surface area contributed by atoms with Crippen LogP contribution in [-0.2, 0) is 0 Å². The minimum absolute atomic E-state index is 0.964. The molecule has 1 heterocycles. The molecule has 0 aromatic heterocycles. The summed E-state index contributed by atoms with van der Waals surface area (Å²) in [5, 5.41) is 0. The fraction of sp³-hybridized carbons (Fsp3) is 0.250. The molecule has 19 heavy (non-hydrogen) atoms. The second-order valence-electron chi connectivity index (χ2n) is 4.62. The van der Waals surface area contributed by atoms with Gasteiger partial charge in [0.2, 0.25) is 0 Å². The highest BCUT2D eigenvalue weighted by molar-refractivity contribution is 7.99.